The van der Waals surface area contributed by atoms with Crippen molar-refractivity contribution >= 4 is 0 Å². The molecular formula is C14H17NO. The van der Waals surface area contributed by atoms with Crippen LogP contribution in [-0.2, 0) is 5.41 Å². The van der Waals surface area contributed by atoms with Crippen LogP contribution in [0, 0.1) is 0 Å². The van der Waals surface area contributed by atoms with E-state index in [2.05, 4.69) is 50.2 Å². The van der Waals surface area contributed by atoms with Gasteiger partial charge in [0.05, 0.1) is 6.20 Å². The smallest absolute Gasteiger partial charge is 0.131 e. The molecular weight excluding hydrogens is 198 g/mol. The van der Waals surface area contributed by atoms with Crippen LogP contribution in [0.5, 0.6) is 0 Å². The van der Waals surface area contributed by atoms with Crippen LogP contribution in [0.4, 0.5) is 0 Å². The van der Waals surface area contributed by atoms with Crippen molar-refractivity contribution in [3.05, 3.63) is 42.3 Å². The average Bonchev–Trinajstić information content (AvgIpc) is 2.83. The van der Waals surface area contributed by atoms with Gasteiger partial charge in [-0.2, -0.15) is 0 Å². The van der Waals surface area contributed by atoms with Gasteiger partial charge in [-0.05, 0) is 23.0 Å². The Hall–Kier alpha value is -1.57. The second-order valence-electron chi connectivity index (χ2n) is 4.73. The Morgan fingerprint density at radius 2 is 2.06 bits per heavy atom. The van der Waals surface area contributed by atoms with Crippen molar-refractivity contribution in [2.24, 2.45) is 0 Å². The predicted octanol–water partition coefficient (Wildman–Crippen LogP) is 4.03. The van der Waals surface area contributed by atoms with Gasteiger partial charge in [-0.1, -0.05) is 50.2 Å². The second-order valence-corrected chi connectivity index (χ2v) is 4.73. The molecule has 0 saturated carbocycles. The first-order valence-corrected chi connectivity index (χ1v) is 5.64. The summed E-state index contributed by atoms with van der Waals surface area (Å²) in [4.78, 5) is 0. The fraction of sp³-hybridized carbons (Fsp3) is 0.357. The second kappa shape index (κ2) is 4.12. The zero-order chi connectivity index (χ0) is 11.6. The Kier molecular flexibility index (Phi) is 2.82. The van der Waals surface area contributed by atoms with Crippen LogP contribution >= 0.6 is 0 Å². The van der Waals surface area contributed by atoms with Crippen LogP contribution in [0.3, 0.4) is 0 Å². The van der Waals surface area contributed by atoms with Crippen LogP contribution in [-0.4, -0.2) is 5.16 Å². The van der Waals surface area contributed by atoms with Gasteiger partial charge < -0.3 is 4.52 Å². The molecule has 84 valence electrons. The molecule has 2 nitrogen and oxygen atoms in total. The Bertz CT molecular complexity index is 457. The van der Waals surface area contributed by atoms with Crippen molar-refractivity contribution < 1.29 is 4.52 Å². The monoisotopic (exact) mass is 215 g/mol. The average molecular weight is 215 g/mol. The van der Waals surface area contributed by atoms with Crippen LogP contribution in [0.2, 0.25) is 0 Å². The van der Waals surface area contributed by atoms with Gasteiger partial charge in [-0.3, -0.25) is 0 Å². The molecule has 0 N–H and O–H groups in total. The summed E-state index contributed by atoms with van der Waals surface area (Å²) in [6.07, 6.45) is 4.55. The van der Waals surface area contributed by atoms with Crippen LogP contribution in [0.15, 0.2) is 41.2 Å². The molecule has 1 heterocycles. The fourth-order valence-corrected chi connectivity index (χ4v) is 1.67. The number of aromatic nitrogens is 1. The van der Waals surface area contributed by atoms with Gasteiger partial charge >= 0.3 is 0 Å². The van der Waals surface area contributed by atoms with E-state index < -0.39 is 0 Å². The van der Waals surface area contributed by atoms with Crippen molar-refractivity contribution in [3.63, 3.8) is 0 Å². The summed E-state index contributed by atoms with van der Waals surface area (Å²) >= 11 is 0. The third-order valence-electron chi connectivity index (χ3n) is 3.29. The van der Waals surface area contributed by atoms with Crippen molar-refractivity contribution in [3.8, 4) is 11.1 Å². The Morgan fingerprint density at radius 3 is 2.69 bits per heavy atom. The Labute approximate surface area is 96.3 Å². The highest BCUT2D eigenvalue weighted by Crippen LogP contribution is 2.30. The lowest BCUT2D eigenvalue weighted by atomic mass is 9.81. The van der Waals surface area contributed by atoms with E-state index >= 15 is 0 Å². The first-order valence-electron chi connectivity index (χ1n) is 5.64. The summed E-state index contributed by atoms with van der Waals surface area (Å²) in [6.45, 7) is 6.74. The molecule has 0 atom stereocenters. The molecule has 0 saturated heterocycles. The SMILES string of the molecule is CCC(C)(C)c1cccc(-c2cnoc2)c1. The summed E-state index contributed by atoms with van der Waals surface area (Å²) in [5.41, 5.74) is 3.77. The number of benzene rings is 1. The topological polar surface area (TPSA) is 26.0 Å². The highest BCUT2D eigenvalue weighted by molar-refractivity contribution is 5.62. The van der Waals surface area contributed by atoms with Crippen LogP contribution in [0.25, 0.3) is 11.1 Å². The maximum absolute atomic E-state index is 4.87. The minimum Gasteiger partial charge on any atom is -0.364 e. The standard InChI is InChI=1S/C14H17NO/c1-4-14(2,3)13-7-5-6-11(8-13)12-9-15-16-10-12/h5-10H,4H2,1-3H3. The maximum Gasteiger partial charge on any atom is 0.131 e. The summed E-state index contributed by atoms with van der Waals surface area (Å²) in [5, 5.41) is 3.74. The highest BCUT2D eigenvalue weighted by atomic mass is 16.5. The van der Waals surface area contributed by atoms with Gasteiger partial charge in [0, 0.05) is 5.56 Å². The molecule has 0 aliphatic heterocycles. The number of rotatable bonds is 3. The van der Waals surface area contributed by atoms with E-state index in [9.17, 15) is 0 Å². The normalized spacial score (nSPS) is 11.7. The van der Waals surface area contributed by atoms with E-state index in [1.54, 1.807) is 12.5 Å². The number of hydrogen-bond acceptors (Lipinski definition) is 2. The fourth-order valence-electron chi connectivity index (χ4n) is 1.67. The van der Waals surface area contributed by atoms with Gasteiger partial charge in [0.2, 0.25) is 0 Å². The number of hydrogen-bond donors (Lipinski definition) is 0. The molecule has 2 rings (SSSR count). The molecule has 0 aliphatic carbocycles. The Morgan fingerprint density at radius 1 is 1.25 bits per heavy atom. The third kappa shape index (κ3) is 2.01. The first-order chi connectivity index (χ1) is 7.63. The van der Waals surface area contributed by atoms with Crippen molar-refractivity contribution in [1.82, 2.24) is 5.16 Å². The van der Waals surface area contributed by atoms with E-state index in [0.717, 1.165) is 12.0 Å². The summed E-state index contributed by atoms with van der Waals surface area (Å²) in [5.74, 6) is 0. The summed E-state index contributed by atoms with van der Waals surface area (Å²) in [6, 6.07) is 8.58. The zero-order valence-electron chi connectivity index (χ0n) is 10.0. The van der Waals surface area contributed by atoms with Gasteiger partial charge in [0.25, 0.3) is 0 Å². The largest absolute Gasteiger partial charge is 0.364 e. The van der Waals surface area contributed by atoms with Gasteiger partial charge in [0.15, 0.2) is 0 Å². The van der Waals surface area contributed by atoms with E-state index in [4.69, 9.17) is 4.52 Å². The molecule has 0 aliphatic rings. The van der Waals surface area contributed by atoms with Crippen LogP contribution < -0.4 is 0 Å². The lowest BCUT2D eigenvalue weighted by Crippen LogP contribution is -2.15. The molecule has 16 heavy (non-hydrogen) atoms. The molecule has 0 unspecified atom stereocenters. The highest BCUT2D eigenvalue weighted by Gasteiger charge is 2.18. The zero-order valence-corrected chi connectivity index (χ0v) is 10.0. The molecule has 2 heteroatoms. The lowest BCUT2D eigenvalue weighted by molar-refractivity contribution is 0.420. The quantitative estimate of drug-likeness (QED) is 0.772. The van der Waals surface area contributed by atoms with Crippen molar-refractivity contribution in [1.29, 1.82) is 0 Å². The minimum atomic E-state index is 0.215. The van der Waals surface area contributed by atoms with Crippen molar-refractivity contribution in [2.75, 3.05) is 0 Å². The molecule has 0 fully saturated rings. The van der Waals surface area contributed by atoms with E-state index in [-0.39, 0.29) is 5.41 Å². The van der Waals surface area contributed by atoms with Gasteiger partial charge in [-0.25, -0.2) is 0 Å². The molecule has 1 aromatic carbocycles. The predicted molar refractivity (Wildman–Crippen MR) is 65.3 cm³/mol. The van der Waals surface area contributed by atoms with Gasteiger partial charge in [-0.15, -0.1) is 0 Å². The molecule has 0 bridgehead atoms. The maximum atomic E-state index is 4.87. The minimum absolute atomic E-state index is 0.215. The van der Waals surface area contributed by atoms with Gasteiger partial charge in [0.1, 0.15) is 6.26 Å². The molecule has 0 amide bonds. The molecule has 1 aromatic heterocycles. The first kappa shape index (κ1) is 10.9. The Balaban J connectivity index is 2.41. The van der Waals surface area contributed by atoms with E-state index in [0.29, 0.717) is 0 Å². The van der Waals surface area contributed by atoms with Crippen molar-refractivity contribution in [2.45, 2.75) is 32.6 Å². The van der Waals surface area contributed by atoms with E-state index in [1.165, 1.54) is 11.1 Å². The summed E-state index contributed by atoms with van der Waals surface area (Å²) < 4.78 is 4.87. The molecule has 0 spiro atoms. The molecule has 0 radical (unpaired) electrons. The molecule has 2 aromatic rings. The van der Waals surface area contributed by atoms with Crippen LogP contribution in [0.1, 0.15) is 32.8 Å². The van der Waals surface area contributed by atoms with E-state index in [1.807, 2.05) is 0 Å². The lowest BCUT2D eigenvalue weighted by Gasteiger charge is -2.23. The third-order valence-corrected chi connectivity index (χ3v) is 3.29. The number of nitrogens with zero attached hydrogens (tertiary/aromatic N) is 1. The summed E-state index contributed by atoms with van der Waals surface area (Å²) in [7, 11) is 0.